The van der Waals surface area contributed by atoms with Crippen molar-refractivity contribution in [3.05, 3.63) is 52.2 Å². The Morgan fingerprint density at radius 2 is 2.00 bits per heavy atom. The van der Waals surface area contributed by atoms with E-state index in [-0.39, 0.29) is 30.4 Å². The Labute approximate surface area is 153 Å². The molecule has 0 saturated carbocycles. The third kappa shape index (κ3) is 7.68. The second-order valence-electron chi connectivity index (χ2n) is 4.80. The van der Waals surface area contributed by atoms with E-state index in [0.717, 1.165) is 31.4 Å². The van der Waals surface area contributed by atoms with Gasteiger partial charge in [-0.15, -0.1) is 36.4 Å². The first-order valence-electron chi connectivity index (χ1n) is 7.06. The molecule has 0 unspecified atom stereocenters. The summed E-state index contributed by atoms with van der Waals surface area (Å²) in [5.41, 5.74) is 1.51. The summed E-state index contributed by atoms with van der Waals surface area (Å²) in [6.07, 6.45) is 8.70. The summed E-state index contributed by atoms with van der Waals surface area (Å²) in [6, 6.07) is 3.79. The minimum atomic E-state index is -0.114. The summed E-state index contributed by atoms with van der Waals surface area (Å²) in [5, 5.41) is 3.11. The summed E-state index contributed by atoms with van der Waals surface area (Å²) >= 11 is 5.62. The Bertz CT molecular complexity index is 607. The van der Waals surface area contributed by atoms with Gasteiger partial charge in [-0.3, -0.25) is 14.8 Å². The van der Waals surface area contributed by atoms with Crippen LogP contribution in [0.2, 0.25) is 0 Å². The van der Waals surface area contributed by atoms with Crippen molar-refractivity contribution < 1.29 is 0 Å². The molecule has 0 fully saturated rings. The van der Waals surface area contributed by atoms with Gasteiger partial charge in [-0.25, -0.2) is 4.98 Å². The fraction of sp³-hybridized carbons (Fsp3) is 0.400. The maximum atomic E-state index is 12.0. The maximum absolute atomic E-state index is 12.0. The highest BCUT2D eigenvalue weighted by Crippen LogP contribution is 2.04. The summed E-state index contributed by atoms with van der Waals surface area (Å²) < 4.78 is 0. The second kappa shape index (κ2) is 12.2. The van der Waals surface area contributed by atoms with Crippen LogP contribution in [0.25, 0.3) is 0 Å². The van der Waals surface area contributed by atoms with E-state index in [2.05, 4.69) is 20.3 Å². The van der Waals surface area contributed by atoms with E-state index in [9.17, 15) is 4.79 Å². The van der Waals surface area contributed by atoms with Crippen molar-refractivity contribution in [3.63, 3.8) is 0 Å². The quantitative estimate of drug-likeness (QED) is 0.544. The normalized spacial score (nSPS) is 9.61. The van der Waals surface area contributed by atoms with Gasteiger partial charge in [0.25, 0.3) is 5.56 Å². The van der Waals surface area contributed by atoms with E-state index in [1.807, 2.05) is 12.1 Å². The molecule has 0 aliphatic rings. The van der Waals surface area contributed by atoms with Crippen LogP contribution in [0.1, 0.15) is 30.4 Å². The smallest absolute Gasteiger partial charge is 0.255 e. The Morgan fingerprint density at radius 3 is 2.65 bits per heavy atom. The molecule has 0 atom stereocenters. The first kappa shape index (κ1) is 21.7. The molecule has 2 aromatic heterocycles. The molecule has 0 spiro atoms. The highest BCUT2D eigenvalue weighted by Gasteiger charge is 2.04. The first-order valence-corrected chi connectivity index (χ1v) is 7.60. The average molecular weight is 380 g/mol. The lowest BCUT2D eigenvalue weighted by Gasteiger charge is -2.06. The van der Waals surface area contributed by atoms with Gasteiger partial charge in [0.15, 0.2) is 0 Å². The highest BCUT2D eigenvalue weighted by atomic mass is 35.5. The standard InChI is InChI=1S/C15H19ClN4O.2ClH/c16-6-2-1-3-8-18-15-19-11-13(14(21)20-15)9-12-5-4-7-17-10-12;;/h4-5,7,10-11H,1-3,6,8-9H2,(H2,18,19,20,21);2*1H. The van der Waals surface area contributed by atoms with Crippen LogP contribution < -0.4 is 10.9 Å². The van der Waals surface area contributed by atoms with Crippen molar-refractivity contribution in [2.45, 2.75) is 25.7 Å². The van der Waals surface area contributed by atoms with E-state index >= 15 is 0 Å². The van der Waals surface area contributed by atoms with Gasteiger partial charge in [-0.1, -0.05) is 12.5 Å². The number of hydrogen-bond donors (Lipinski definition) is 2. The molecule has 0 radical (unpaired) electrons. The molecular weight excluding hydrogens is 359 g/mol. The molecule has 0 saturated heterocycles. The maximum Gasteiger partial charge on any atom is 0.255 e. The number of nitrogens with zero attached hydrogens (tertiary/aromatic N) is 2. The topological polar surface area (TPSA) is 70.7 Å². The summed E-state index contributed by atoms with van der Waals surface area (Å²) in [6.45, 7) is 0.780. The lowest BCUT2D eigenvalue weighted by Crippen LogP contribution is -2.17. The summed E-state index contributed by atoms with van der Waals surface area (Å²) in [4.78, 5) is 23.0. The number of alkyl halides is 1. The van der Waals surface area contributed by atoms with Gasteiger partial charge in [0.2, 0.25) is 5.95 Å². The molecular formula is C15H21Cl3N4O. The first-order chi connectivity index (χ1) is 10.3. The van der Waals surface area contributed by atoms with Crippen molar-refractivity contribution in [1.82, 2.24) is 15.0 Å². The number of nitrogens with one attached hydrogen (secondary N) is 2. The minimum absolute atomic E-state index is 0. The van der Waals surface area contributed by atoms with E-state index in [1.165, 1.54) is 0 Å². The van der Waals surface area contributed by atoms with Gasteiger partial charge in [0.1, 0.15) is 0 Å². The van der Waals surface area contributed by atoms with E-state index in [0.29, 0.717) is 23.8 Å². The zero-order valence-corrected chi connectivity index (χ0v) is 15.0. The SMILES string of the molecule is Cl.Cl.O=c1[nH]c(NCCCCCCl)ncc1Cc1cccnc1. The average Bonchev–Trinajstić information content (AvgIpc) is 2.51. The molecule has 2 heterocycles. The van der Waals surface area contributed by atoms with Crippen LogP contribution in [0.5, 0.6) is 0 Å². The monoisotopic (exact) mass is 378 g/mol. The second-order valence-corrected chi connectivity index (χ2v) is 5.18. The van der Waals surface area contributed by atoms with Gasteiger partial charge in [0.05, 0.1) is 0 Å². The molecule has 0 aliphatic heterocycles. The highest BCUT2D eigenvalue weighted by molar-refractivity contribution is 6.17. The Balaban J connectivity index is 0.00000242. The molecule has 8 heteroatoms. The van der Waals surface area contributed by atoms with Crippen LogP contribution in [0.4, 0.5) is 5.95 Å². The van der Waals surface area contributed by atoms with Crippen LogP contribution in [0, 0.1) is 0 Å². The number of aromatic nitrogens is 3. The molecule has 5 nitrogen and oxygen atoms in total. The van der Waals surface area contributed by atoms with Gasteiger partial charge >= 0.3 is 0 Å². The van der Waals surface area contributed by atoms with E-state index in [1.54, 1.807) is 18.6 Å². The van der Waals surface area contributed by atoms with Crippen LogP contribution >= 0.6 is 36.4 Å². The lowest BCUT2D eigenvalue weighted by atomic mass is 10.1. The predicted octanol–water partition coefficient (Wildman–Crippen LogP) is 3.42. The molecule has 2 rings (SSSR count). The van der Waals surface area contributed by atoms with Gasteiger partial charge < -0.3 is 5.32 Å². The fourth-order valence-electron chi connectivity index (χ4n) is 1.96. The molecule has 2 aromatic rings. The summed E-state index contributed by atoms with van der Waals surface area (Å²) in [5.74, 6) is 1.21. The number of halogens is 3. The Hall–Kier alpha value is -1.30. The molecule has 0 aliphatic carbocycles. The Kier molecular flexibility index (Phi) is 11.5. The van der Waals surface area contributed by atoms with Crippen molar-refractivity contribution >= 4 is 42.4 Å². The molecule has 0 aromatic carbocycles. The number of pyridine rings is 1. The predicted molar refractivity (Wildman–Crippen MR) is 99.5 cm³/mol. The van der Waals surface area contributed by atoms with Gasteiger partial charge in [-0.2, -0.15) is 0 Å². The molecule has 0 amide bonds. The Morgan fingerprint density at radius 1 is 1.17 bits per heavy atom. The third-order valence-electron chi connectivity index (χ3n) is 3.09. The van der Waals surface area contributed by atoms with Crippen molar-refractivity contribution in [2.75, 3.05) is 17.7 Å². The number of aromatic amines is 1. The number of rotatable bonds is 8. The lowest BCUT2D eigenvalue weighted by molar-refractivity contribution is 0.743. The third-order valence-corrected chi connectivity index (χ3v) is 3.36. The summed E-state index contributed by atoms with van der Waals surface area (Å²) in [7, 11) is 0. The van der Waals surface area contributed by atoms with Gasteiger partial charge in [0, 0.05) is 43.0 Å². The van der Waals surface area contributed by atoms with Crippen molar-refractivity contribution in [1.29, 1.82) is 0 Å². The van der Waals surface area contributed by atoms with Gasteiger partial charge in [-0.05, 0) is 24.5 Å². The number of unbranched alkanes of at least 4 members (excludes halogenated alkanes) is 2. The molecule has 128 valence electrons. The van der Waals surface area contributed by atoms with Crippen molar-refractivity contribution in [2.24, 2.45) is 0 Å². The van der Waals surface area contributed by atoms with Crippen molar-refractivity contribution in [3.8, 4) is 0 Å². The zero-order valence-electron chi connectivity index (χ0n) is 12.6. The molecule has 23 heavy (non-hydrogen) atoms. The number of H-pyrrole nitrogens is 1. The largest absolute Gasteiger partial charge is 0.356 e. The van der Waals surface area contributed by atoms with Crippen LogP contribution in [-0.4, -0.2) is 27.4 Å². The fourth-order valence-corrected chi connectivity index (χ4v) is 2.15. The van der Waals surface area contributed by atoms with Crippen LogP contribution in [-0.2, 0) is 6.42 Å². The zero-order chi connectivity index (χ0) is 14.9. The van der Waals surface area contributed by atoms with E-state index in [4.69, 9.17) is 11.6 Å². The van der Waals surface area contributed by atoms with Crippen LogP contribution in [0.15, 0.2) is 35.5 Å². The van der Waals surface area contributed by atoms with E-state index < -0.39 is 0 Å². The number of anilines is 1. The minimum Gasteiger partial charge on any atom is -0.356 e. The van der Waals surface area contributed by atoms with Crippen LogP contribution in [0.3, 0.4) is 0 Å². The molecule has 0 bridgehead atoms. The number of hydrogen-bond acceptors (Lipinski definition) is 4. The molecule has 2 N–H and O–H groups in total.